The van der Waals surface area contributed by atoms with Crippen molar-refractivity contribution in [2.24, 2.45) is 0 Å². The minimum atomic E-state index is -3.58. The number of aromatic nitrogens is 3. The number of hydrogen-bond donors (Lipinski definition) is 0. The molecular formula is C13H8Cl3N3O3S. The van der Waals surface area contributed by atoms with Crippen LogP contribution in [0.2, 0.25) is 15.1 Å². The van der Waals surface area contributed by atoms with E-state index < -0.39 is 10.0 Å². The van der Waals surface area contributed by atoms with Crippen LogP contribution in [0, 0.1) is 0 Å². The highest BCUT2D eigenvalue weighted by molar-refractivity contribution is 7.89. The average molecular weight is 393 g/mol. The summed E-state index contributed by atoms with van der Waals surface area (Å²) in [6.45, 7) is 0. The van der Waals surface area contributed by atoms with Crippen LogP contribution in [0.15, 0.2) is 30.3 Å². The summed E-state index contributed by atoms with van der Waals surface area (Å²) in [5.41, 5.74) is 0.565. The van der Waals surface area contributed by atoms with Crippen molar-refractivity contribution >= 4 is 55.9 Å². The lowest BCUT2D eigenvalue weighted by Crippen LogP contribution is -2.11. The minimum absolute atomic E-state index is 0.181. The summed E-state index contributed by atoms with van der Waals surface area (Å²) in [5.74, 6) is 0.569. The smallest absolute Gasteiger partial charge is 0.252 e. The maximum absolute atomic E-state index is 11.6. The molecule has 0 fully saturated rings. The van der Waals surface area contributed by atoms with Gasteiger partial charge in [-0.15, -0.1) is 9.19 Å². The van der Waals surface area contributed by atoms with Gasteiger partial charge in [-0.05, 0) is 18.2 Å². The molecule has 10 heteroatoms. The Morgan fingerprint density at radius 1 is 1.09 bits per heavy atom. The Morgan fingerprint density at radius 3 is 2.52 bits per heavy atom. The van der Waals surface area contributed by atoms with E-state index in [0.717, 1.165) is 10.3 Å². The highest BCUT2D eigenvalue weighted by Gasteiger charge is 2.17. The van der Waals surface area contributed by atoms with E-state index in [1.54, 1.807) is 18.2 Å². The molecule has 0 saturated heterocycles. The second kappa shape index (κ2) is 5.83. The van der Waals surface area contributed by atoms with E-state index in [9.17, 15) is 8.42 Å². The van der Waals surface area contributed by atoms with Crippen LogP contribution in [0.25, 0.3) is 11.0 Å². The minimum Gasteiger partial charge on any atom is -0.454 e. The lowest BCUT2D eigenvalue weighted by molar-refractivity contribution is 0.484. The summed E-state index contributed by atoms with van der Waals surface area (Å²) in [6.07, 6.45) is 1.02. The first-order chi connectivity index (χ1) is 10.8. The molecule has 0 unspecified atom stereocenters. The Morgan fingerprint density at radius 2 is 1.83 bits per heavy atom. The molecule has 0 bridgehead atoms. The normalized spacial score (nSPS) is 11.8. The summed E-state index contributed by atoms with van der Waals surface area (Å²) in [7, 11) is -3.58. The number of benzene rings is 2. The van der Waals surface area contributed by atoms with Gasteiger partial charge in [0.05, 0.1) is 16.3 Å². The van der Waals surface area contributed by atoms with Gasteiger partial charge in [0.1, 0.15) is 27.6 Å². The van der Waals surface area contributed by atoms with Gasteiger partial charge >= 0.3 is 0 Å². The molecule has 0 radical (unpaired) electrons. The van der Waals surface area contributed by atoms with E-state index in [0.29, 0.717) is 16.3 Å². The fraction of sp³-hybridized carbons (Fsp3) is 0.0769. The lowest BCUT2D eigenvalue weighted by atomic mass is 10.3. The molecule has 3 aromatic rings. The van der Waals surface area contributed by atoms with E-state index in [1.807, 2.05) is 0 Å². The largest absolute Gasteiger partial charge is 0.454 e. The van der Waals surface area contributed by atoms with Crippen molar-refractivity contribution in [3.63, 3.8) is 0 Å². The van der Waals surface area contributed by atoms with Crippen LogP contribution < -0.4 is 4.74 Å². The molecule has 0 aliphatic rings. The highest BCUT2D eigenvalue weighted by atomic mass is 35.5. The molecule has 0 saturated carbocycles. The standard InChI is InChI=1S/C13H8Cl3N3O3S/c1-23(20,21)19-10-5-8(15)12(6-9(10)17-18-19)22-11-4-2-3-7(14)13(11)16/h2-6H,1H3. The summed E-state index contributed by atoms with van der Waals surface area (Å²) < 4.78 is 29.7. The van der Waals surface area contributed by atoms with Crippen molar-refractivity contribution in [2.45, 2.75) is 0 Å². The number of fused-ring (bicyclic) bond motifs is 1. The summed E-state index contributed by atoms with van der Waals surface area (Å²) in [5, 5.41) is 8.17. The van der Waals surface area contributed by atoms with Gasteiger partial charge < -0.3 is 4.74 Å². The first-order valence-electron chi connectivity index (χ1n) is 6.15. The van der Waals surface area contributed by atoms with E-state index in [-0.39, 0.29) is 21.3 Å². The molecule has 1 heterocycles. The Hall–Kier alpha value is -1.54. The Balaban J connectivity index is 2.10. The summed E-state index contributed by atoms with van der Waals surface area (Å²) in [4.78, 5) is 0. The molecule has 120 valence electrons. The van der Waals surface area contributed by atoms with Crippen LogP contribution >= 0.6 is 34.8 Å². The first-order valence-corrected chi connectivity index (χ1v) is 9.13. The quantitative estimate of drug-likeness (QED) is 0.674. The molecule has 0 aliphatic heterocycles. The maximum Gasteiger partial charge on any atom is 0.252 e. The van der Waals surface area contributed by atoms with Gasteiger partial charge in [0.15, 0.2) is 0 Å². The van der Waals surface area contributed by atoms with E-state index >= 15 is 0 Å². The van der Waals surface area contributed by atoms with Crippen LogP contribution in [0.4, 0.5) is 0 Å². The molecule has 0 atom stereocenters. The van der Waals surface area contributed by atoms with Crippen LogP contribution in [-0.2, 0) is 10.0 Å². The van der Waals surface area contributed by atoms with Gasteiger partial charge in [0.25, 0.3) is 10.0 Å². The molecular weight excluding hydrogens is 385 g/mol. The SMILES string of the molecule is CS(=O)(=O)n1nnc2cc(Oc3cccc(Cl)c3Cl)c(Cl)cc21. The lowest BCUT2D eigenvalue weighted by Gasteiger charge is -2.10. The number of rotatable bonds is 3. The first kappa shape index (κ1) is 16.3. The van der Waals surface area contributed by atoms with Crippen LogP contribution in [0.1, 0.15) is 0 Å². The number of ether oxygens (including phenoxy) is 1. The fourth-order valence-corrected chi connectivity index (χ4v) is 3.11. The second-order valence-corrected chi connectivity index (χ2v) is 7.63. The third-order valence-electron chi connectivity index (χ3n) is 2.92. The van der Waals surface area contributed by atoms with E-state index in [2.05, 4.69) is 10.3 Å². The molecule has 0 spiro atoms. The molecule has 6 nitrogen and oxygen atoms in total. The van der Waals surface area contributed by atoms with Crippen LogP contribution in [0.3, 0.4) is 0 Å². The summed E-state index contributed by atoms with van der Waals surface area (Å²) >= 11 is 18.2. The van der Waals surface area contributed by atoms with Gasteiger partial charge in [-0.2, -0.15) is 0 Å². The van der Waals surface area contributed by atoms with Crippen LogP contribution in [0.5, 0.6) is 11.5 Å². The van der Waals surface area contributed by atoms with Gasteiger partial charge in [-0.1, -0.05) is 46.1 Å². The Kier molecular flexibility index (Phi) is 4.14. The van der Waals surface area contributed by atoms with E-state index in [1.165, 1.54) is 12.1 Å². The number of hydrogen-bond acceptors (Lipinski definition) is 5. The highest BCUT2D eigenvalue weighted by Crippen LogP contribution is 2.38. The fourth-order valence-electron chi connectivity index (χ4n) is 1.91. The topological polar surface area (TPSA) is 74.1 Å². The van der Waals surface area contributed by atoms with Crippen molar-refractivity contribution in [1.82, 2.24) is 14.4 Å². The van der Waals surface area contributed by atoms with Gasteiger partial charge in [0.2, 0.25) is 0 Å². The zero-order valence-electron chi connectivity index (χ0n) is 11.5. The number of halogens is 3. The molecule has 0 aliphatic carbocycles. The van der Waals surface area contributed by atoms with Crippen molar-refractivity contribution < 1.29 is 13.2 Å². The predicted octanol–water partition coefficient (Wildman–Crippen LogP) is 3.99. The van der Waals surface area contributed by atoms with E-state index in [4.69, 9.17) is 39.5 Å². The average Bonchev–Trinajstić information content (AvgIpc) is 2.87. The monoisotopic (exact) mass is 391 g/mol. The third kappa shape index (κ3) is 3.10. The maximum atomic E-state index is 11.6. The molecule has 0 amide bonds. The molecule has 23 heavy (non-hydrogen) atoms. The Labute approximate surface area is 146 Å². The van der Waals surface area contributed by atoms with Crippen molar-refractivity contribution in [3.05, 3.63) is 45.4 Å². The third-order valence-corrected chi connectivity index (χ3v) is 4.91. The molecule has 3 rings (SSSR count). The predicted molar refractivity (Wildman–Crippen MR) is 89.3 cm³/mol. The zero-order valence-corrected chi connectivity index (χ0v) is 14.6. The molecule has 2 aromatic carbocycles. The van der Waals surface area contributed by atoms with Crippen molar-refractivity contribution in [2.75, 3.05) is 6.26 Å². The van der Waals surface area contributed by atoms with Crippen molar-refractivity contribution in [1.29, 1.82) is 0 Å². The van der Waals surface area contributed by atoms with Crippen molar-refractivity contribution in [3.8, 4) is 11.5 Å². The van der Waals surface area contributed by atoms with Crippen LogP contribution in [-0.4, -0.2) is 29.1 Å². The molecule has 1 aromatic heterocycles. The van der Waals surface area contributed by atoms with Gasteiger partial charge in [-0.25, -0.2) is 8.42 Å². The number of nitrogens with zero attached hydrogens (tertiary/aromatic N) is 3. The Bertz CT molecular complexity index is 1020. The van der Waals surface area contributed by atoms with Gasteiger partial charge in [0, 0.05) is 6.07 Å². The summed E-state index contributed by atoms with van der Waals surface area (Å²) in [6, 6.07) is 7.81. The second-order valence-electron chi connectivity index (χ2n) is 4.62. The zero-order chi connectivity index (χ0) is 16.8. The van der Waals surface area contributed by atoms with Gasteiger partial charge in [-0.3, -0.25) is 0 Å². The molecule has 0 N–H and O–H groups in total.